The second kappa shape index (κ2) is 13.7. The van der Waals surface area contributed by atoms with E-state index in [0.717, 1.165) is 32.3 Å². The maximum absolute atomic E-state index is 6.54. The molecule has 0 aliphatic rings. The summed E-state index contributed by atoms with van der Waals surface area (Å²) in [6.07, 6.45) is 0. The first-order chi connectivity index (χ1) is 17.5. The molecule has 0 aliphatic carbocycles. The van der Waals surface area contributed by atoms with Crippen LogP contribution in [-0.2, 0) is 36.6 Å². The summed E-state index contributed by atoms with van der Waals surface area (Å²) in [5, 5.41) is 3.21. The summed E-state index contributed by atoms with van der Waals surface area (Å²) in [5.41, 5.74) is 2.30. The summed E-state index contributed by atoms with van der Waals surface area (Å²) in [4.78, 5) is 0. The van der Waals surface area contributed by atoms with Gasteiger partial charge in [-0.15, -0.1) is 0 Å². The Bertz CT molecular complexity index is 919. The van der Waals surface area contributed by atoms with Gasteiger partial charge in [0.25, 0.3) is 0 Å². The first-order valence-electron chi connectivity index (χ1n) is 11.6. The highest BCUT2D eigenvalue weighted by atomic mass is 28.3. The van der Waals surface area contributed by atoms with Gasteiger partial charge in [0.15, 0.2) is 0 Å². The number of benzene rings is 3. The quantitative estimate of drug-likeness (QED) is 0.205. The molecule has 36 heavy (non-hydrogen) atoms. The van der Waals surface area contributed by atoms with Crippen molar-refractivity contribution in [2.75, 3.05) is 42.7 Å². The zero-order valence-electron chi connectivity index (χ0n) is 22.0. The van der Waals surface area contributed by atoms with Crippen LogP contribution in [0.15, 0.2) is 72.8 Å². The van der Waals surface area contributed by atoms with Gasteiger partial charge in [0.2, 0.25) is 0 Å². The molecule has 0 radical (unpaired) electrons. The summed E-state index contributed by atoms with van der Waals surface area (Å²) in [6, 6.07) is 25.1. The smallest absolute Gasteiger partial charge is 0.355 e. The Balaban J connectivity index is 2.16. The van der Waals surface area contributed by atoms with Crippen LogP contribution in [0.2, 0.25) is 0 Å². The van der Waals surface area contributed by atoms with Gasteiger partial charge < -0.3 is 31.0 Å². The van der Waals surface area contributed by atoms with Crippen LogP contribution in [0.3, 0.4) is 0 Å². The zero-order chi connectivity index (χ0) is 26.1. The zero-order valence-corrected chi connectivity index (χ0v) is 27.5. The normalized spacial score (nSPS) is 12.2. The van der Waals surface area contributed by atoms with Crippen LogP contribution >= 0.6 is 0 Å². The molecule has 0 atom stereocenters. The van der Waals surface area contributed by atoms with E-state index in [9.17, 15) is 0 Å². The molecule has 3 aromatic rings. The fourth-order valence-electron chi connectivity index (χ4n) is 4.58. The Labute approximate surface area is 222 Å². The van der Waals surface area contributed by atoms with Gasteiger partial charge in [-0.25, -0.2) is 0 Å². The molecular weight excluding hydrogens is 525 g/mol. The molecule has 0 N–H and O–H groups in total. The Morgan fingerprint density at radius 1 is 0.444 bits per heavy atom. The van der Waals surface area contributed by atoms with Crippen molar-refractivity contribution in [1.29, 1.82) is 0 Å². The number of rotatable bonds is 13. The predicted octanol–water partition coefficient (Wildman–Crippen LogP) is -0.564. The molecule has 0 unspecified atom stereocenters. The van der Waals surface area contributed by atoms with Crippen molar-refractivity contribution < 1.29 is 31.0 Å². The maximum atomic E-state index is 6.54. The molecule has 0 aliphatic heterocycles. The third kappa shape index (κ3) is 5.87. The van der Waals surface area contributed by atoms with Crippen molar-refractivity contribution in [1.82, 2.24) is 0 Å². The molecule has 0 spiro atoms. The molecule has 3 aromatic carbocycles. The lowest BCUT2D eigenvalue weighted by Gasteiger charge is -2.36. The highest BCUT2D eigenvalue weighted by Gasteiger charge is 2.37. The summed E-state index contributed by atoms with van der Waals surface area (Å²) < 4.78 is 40.0. The predicted molar refractivity (Wildman–Crippen MR) is 153 cm³/mol. The van der Waals surface area contributed by atoms with E-state index in [1.807, 2.05) is 0 Å². The molecule has 0 fully saturated rings. The number of hydrogen-bond donors (Lipinski definition) is 0. The van der Waals surface area contributed by atoms with Gasteiger partial charge in [0.05, 0.1) is 0 Å². The van der Waals surface area contributed by atoms with Gasteiger partial charge in [0, 0.05) is 42.7 Å². The van der Waals surface area contributed by atoms with Crippen LogP contribution in [0.25, 0.3) is 0 Å². The van der Waals surface area contributed by atoms with Gasteiger partial charge in [-0.3, -0.25) is 0 Å². The minimum atomic E-state index is -1.91. The van der Waals surface area contributed by atoms with Crippen molar-refractivity contribution >= 4 is 53.9 Å². The standard InChI is InChI=1S/C25H36O7Si4/c1-26-34(27-2)22-13-7-19(8-14-22)25(32-33,20-9-15-23(16-10-20)35(28-3)29-4)21-11-17-24(18-12-21)36(30-5)31-6/h7-18,34-36H,1-6,33H3. The van der Waals surface area contributed by atoms with E-state index in [0.29, 0.717) is 10.5 Å². The molecular formula is C25H36O7Si4. The highest BCUT2D eigenvalue weighted by Crippen LogP contribution is 2.39. The van der Waals surface area contributed by atoms with E-state index in [1.54, 1.807) is 42.7 Å². The van der Waals surface area contributed by atoms with Crippen molar-refractivity contribution in [2.45, 2.75) is 5.60 Å². The average Bonchev–Trinajstić information content (AvgIpc) is 2.94. The van der Waals surface area contributed by atoms with Crippen LogP contribution in [-0.4, -0.2) is 81.0 Å². The van der Waals surface area contributed by atoms with Crippen LogP contribution < -0.4 is 15.6 Å². The lowest BCUT2D eigenvalue weighted by Crippen LogP contribution is -2.38. The van der Waals surface area contributed by atoms with Gasteiger partial charge >= 0.3 is 27.9 Å². The second-order valence-electron chi connectivity index (χ2n) is 8.16. The Morgan fingerprint density at radius 2 is 0.667 bits per heavy atom. The summed E-state index contributed by atoms with van der Waals surface area (Å²) in [7, 11) is 4.92. The number of hydrogen-bond acceptors (Lipinski definition) is 7. The van der Waals surface area contributed by atoms with Crippen molar-refractivity contribution in [3.8, 4) is 0 Å². The molecule has 11 heteroatoms. The first-order valence-corrected chi connectivity index (χ1v) is 16.9. The molecule has 0 heterocycles. The van der Waals surface area contributed by atoms with E-state index in [4.69, 9.17) is 31.0 Å². The van der Waals surface area contributed by atoms with E-state index in [2.05, 4.69) is 72.8 Å². The second-order valence-corrected chi connectivity index (χ2v) is 15.4. The van der Waals surface area contributed by atoms with E-state index < -0.39 is 33.5 Å². The first kappa shape index (κ1) is 28.8. The lowest BCUT2D eigenvalue weighted by molar-refractivity contribution is 0.173. The van der Waals surface area contributed by atoms with E-state index >= 15 is 0 Å². The Kier molecular flexibility index (Phi) is 11.0. The third-order valence-corrected chi connectivity index (χ3v) is 12.3. The maximum Gasteiger partial charge on any atom is 0.355 e. The Morgan fingerprint density at radius 3 is 0.833 bits per heavy atom. The largest absolute Gasteiger partial charge is 0.411 e. The molecule has 3 rings (SSSR count). The average molecular weight is 561 g/mol. The third-order valence-electron chi connectivity index (χ3n) is 6.36. The summed E-state index contributed by atoms with van der Waals surface area (Å²) >= 11 is 0. The highest BCUT2D eigenvalue weighted by molar-refractivity contribution is 6.62. The molecule has 7 nitrogen and oxygen atoms in total. The van der Waals surface area contributed by atoms with Crippen molar-refractivity contribution in [3.63, 3.8) is 0 Å². The minimum absolute atomic E-state index is 0.517. The van der Waals surface area contributed by atoms with Gasteiger partial charge in [-0.05, 0) is 32.3 Å². The van der Waals surface area contributed by atoms with Crippen LogP contribution in [0.1, 0.15) is 16.7 Å². The summed E-state index contributed by atoms with van der Waals surface area (Å²) in [5.74, 6) is 0. The van der Waals surface area contributed by atoms with Crippen LogP contribution in [0, 0.1) is 0 Å². The molecule has 194 valence electrons. The van der Waals surface area contributed by atoms with Gasteiger partial charge in [-0.2, -0.15) is 0 Å². The SMILES string of the molecule is CO[SiH](OC)c1ccc(C(O[SiH3])(c2ccc([SiH](OC)OC)cc2)c2ccc([SiH](OC)OC)cc2)cc1. The minimum Gasteiger partial charge on any atom is -0.411 e. The van der Waals surface area contributed by atoms with Gasteiger partial charge in [-0.1, -0.05) is 72.8 Å². The fraction of sp³-hybridized carbons (Fsp3) is 0.280. The van der Waals surface area contributed by atoms with E-state index in [1.165, 1.54) is 0 Å². The fourth-order valence-corrected chi connectivity index (χ4v) is 9.02. The van der Waals surface area contributed by atoms with Crippen LogP contribution in [0.5, 0.6) is 0 Å². The van der Waals surface area contributed by atoms with Gasteiger partial charge in [0.1, 0.15) is 16.1 Å². The Hall–Kier alpha value is -1.75. The molecule has 0 saturated carbocycles. The van der Waals surface area contributed by atoms with Crippen molar-refractivity contribution in [3.05, 3.63) is 89.5 Å². The van der Waals surface area contributed by atoms with Crippen LogP contribution in [0.4, 0.5) is 0 Å². The molecule has 0 aromatic heterocycles. The topological polar surface area (TPSA) is 64.6 Å². The van der Waals surface area contributed by atoms with E-state index in [-0.39, 0.29) is 0 Å². The molecule has 0 saturated heterocycles. The molecule has 0 bridgehead atoms. The van der Waals surface area contributed by atoms with Crippen molar-refractivity contribution in [2.24, 2.45) is 0 Å². The monoisotopic (exact) mass is 560 g/mol. The summed E-state index contributed by atoms with van der Waals surface area (Å²) in [6.45, 7) is 0. The molecule has 0 amide bonds. The lowest BCUT2D eigenvalue weighted by atomic mass is 9.80.